The van der Waals surface area contributed by atoms with Crippen molar-refractivity contribution < 1.29 is 23.5 Å². The third kappa shape index (κ3) is 7.27. The van der Waals surface area contributed by atoms with Crippen LogP contribution in [0.25, 0.3) is 10.9 Å². The number of aromatic nitrogens is 2. The molecule has 2 N–H and O–H groups in total. The predicted molar refractivity (Wildman–Crippen MR) is 187 cm³/mol. The summed E-state index contributed by atoms with van der Waals surface area (Å²) in [4.78, 5) is 49.9. The third-order valence-corrected chi connectivity index (χ3v) is 9.27. The summed E-state index contributed by atoms with van der Waals surface area (Å²) in [5.74, 6) is 0.772. The maximum atomic E-state index is 14.3. The Morgan fingerprint density at radius 3 is 2.49 bits per heavy atom. The Hall–Kier alpha value is -4.88. The second-order valence-electron chi connectivity index (χ2n) is 12.1. The van der Waals surface area contributed by atoms with E-state index >= 15 is 0 Å². The molecule has 2 atom stereocenters. The summed E-state index contributed by atoms with van der Waals surface area (Å²) in [6.07, 6.45) is 2.49. The fraction of sp³-hybridized carbons (Fsp3) is 0.371. The summed E-state index contributed by atoms with van der Waals surface area (Å²) in [6, 6.07) is 14.1. The topological polar surface area (TPSA) is 121 Å². The van der Waals surface area contributed by atoms with Gasteiger partial charge in [-0.1, -0.05) is 11.6 Å². The van der Waals surface area contributed by atoms with Gasteiger partial charge in [0.15, 0.2) is 5.82 Å². The van der Waals surface area contributed by atoms with Gasteiger partial charge in [-0.25, -0.2) is 18.8 Å². The molecule has 2 aliphatic heterocycles. The third-order valence-electron chi connectivity index (χ3n) is 9.03. The molecule has 0 spiro atoms. The molecule has 2 aliphatic rings. The highest BCUT2D eigenvalue weighted by Crippen LogP contribution is 2.37. The lowest BCUT2D eigenvalue weighted by atomic mass is 10.1. The van der Waals surface area contributed by atoms with Gasteiger partial charge in [0.05, 0.1) is 49.9 Å². The van der Waals surface area contributed by atoms with Crippen LogP contribution in [-0.2, 0) is 4.79 Å². The molecule has 0 unspecified atom stereocenters. The maximum absolute atomic E-state index is 14.3. The number of hydrogen-bond donors (Lipinski definition) is 2. The molecule has 258 valence electrons. The van der Waals surface area contributed by atoms with Crippen molar-refractivity contribution in [1.82, 2.24) is 19.9 Å². The van der Waals surface area contributed by atoms with Crippen LogP contribution in [0.4, 0.5) is 20.6 Å². The van der Waals surface area contributed by atoms with Crippen LogP contribution >= 0.6 is 11.6 Å². The molecule has 1 aromatic heterocycles. The van der Waals surface area contributed by atoms with E-state index < -0.39 is 17.9 Å². The predicted octanol–water partition coefficient (Wildman–Crippen LogP) is 4.93. The number of fused-ring (bicyclic) bond motifs is 1. The van der Waals surface area contributed by atoms with E-state index in [4.69, 9.17) is 26.1 Å². The second-order valence-corrected chi connectivity index (χ2v) is 12.5. The van der Waals surface area contributed by atoms with Gasteiger partial charge in [0.2, 0.25) is 5.91 Å². The molecule has 4 aromatic rings. The van der Waals surface area contributed by atoms with Gasteiger partial charge in [0, 0.05) is 42.3 Å². The van der Waals surface area contributed by atoms with E-state index in [1.165, 1.54) is 48.1 Å². The fourth-order valence-electron chi connectivity index (χ4n) is 6.44. The monoisotopic (exact) mass is 691 g/mol. The molecular formula is C35H39ClFN7O5. The van der Waals surface area contributed by atoms with Gasteiger partial charge in [-0.15, -0.1) is 0 Å². The average molecular weight is 692 g/mol. The van der Waals surface area contributed by atoms with Crippen molar-refractivity contribution in [3.05, 3.63) is 87.7 Å². The van der Waals surface area contributed by atoms with Crippen LogP contribution in [0.1, 0.15) is 38.1 Å². The van der Waals surface area contributed by atoms with Crippen LogP contribution in [0.2, 0.25) is 5.02 Å². The second kappa shape index (κ2) is 14.7. The standard InChI is InChI=1S/C35H39ClFN7O5/c1-22(43(30-13-11-27(48-2)21-31(30)49-3)35(47)39-25-9-7-24(37)8-10-25)33-40-29-12-6-23(36)19-28(29)34(46)44(33)42-17-15-41(16-18-42)32(45)20-26-5-4-14-38-26/h6-13,19,21-22,26,38H,4-5,14-18,20H2,1-3H3,(H,39,47)/t22-,26-/m0/s1. The number of halogens is 2. The van der Waals surface area contributed by atoms with Crippen molar-refractivity contribution in [2.75, 3.05) is 62.2 Å². The quantitative estimate of drug-likeness (QED) is 0.254. The molecular weight excluding hydrogens is 653 g/mol. The molecule has 3 heterocycles. The van der Waals surface area contributed by atoms with Crippen molar-refractivity contribution in [2.45, 2.75) is 38.3 Å². The summed E-state index contributed by atoms with van der Waals surface area (Å²) in [7, 11) is 3.01. The lowest BCUT2D eigenvalue weighted by Crippen LogP contribution is -2.57. The summed E-state index contributed by atoms with van der Waals surface area (Å²) in [5, 5.41) is 8.79. The summed E-state index contributed by atoms with van der Waals surface area (Å²) in [6.45, 7) is 4.26. The number of rotatable bonds is 9. The Bertz CT molecular complexity index is 1890. The highest BCUT2D eigenvalue weighted by Gasteiger charge is 2.33. The molecule has 2 fully saturated rings. The van der Waals surface area contributed by atoms with Crippen molar-refractivity contribution >= 4 is 45.8 Å². The number of urea groups is 1. The normalized spacial score (nSPS) is 16.8. The van der Waals surface area contributed by atoms with Crippen LogP contribution in [0, 0.1) is 5.82 Å². The molecule has 0 radical (unpaired) electrons. The zero-order valence-electron chi connectivity index (χ0n) is 27.6. The number of ether oxygens (including phenoxy) is 2. The zero-order chi connectivity index (χ0) is 34.7. The van der Waals surface area contributed by atoms with E-state index in [0.29, 0.717) is 71.4 Å². The minimum absolute atomic E-state index is 0.0821. The number of benzene rings is 3. The van der Waals surface area contributed by atoms with E-state index in [9.17, 15) is 18.8 Å². The summed E-state index contributed by atoms with van der Waals surface area (Å²) in [5.41, 5.74) is 0.794. The van der Waals surface area contributed by atoms with E-state index in [0.717, 1.165) is 19.4 Å². The Morgan fingerprint density at radius 1 is 1.06 bits per heavy atom. The van der Waals surface area contributed by atoms with Crippen LogP contribution < -0.4 is 35.6 Å². The lowest BCUT2D eigenvalue weighted by Gasteiger charge is -2.39. The zero-order valence-corrected chi connectivity index (χ0v) is 28.4. The molecule has 6 rings (SSSR count). The highest BCUT2D eigenvalue weighted by atomic mass is 35.5. The van der Waals surface area contributed by atoms with E-state index in [-0.39, 0.29) is 23.3 Å². The molecule has 2 saturated heterocycles. The van der Waals surface area contributed by atoms with E-state index in [2.05, 4.69) is 10.6 Å². The minimum atomic E-state index is -0.858. The average Bonchev–Trinajstić information content (AvgIpc) is 3.62. The van der Waals surface area contributed by atoms with Gasteiger partial charge in [-0.3, -0.25) is 14.5 Å². The largest absolute Gasteiger partial charge is 0.497 e. The van der Waals surface area contributed by atoms with E-state index in [1.54, 1.807) is 43.3 Å². The van der Waals surface area contributed by atoms with Crippen molar-refractivity contribution in [3.8, 4) is 11.5 Å². The number of anilines is 2. The molecule has 3 amide bonds. The van der Waals surface area contributed by atoms with Gasteiger partial charge >= 0.3 is 6.03 Å². The van der Waals surface area contributed by atoms with Crippen molar-refractivity contribution in [3.63, 3.8) is 0 Å². The molecule has 3 aromatic carbocycles. The van der Waals surface area contributed by atoms with Gasteiger partial charge < -0.3 is 30.0 Å². The SMILES string of the molecule is COc1ccc(N(C(=O)Nc2ccc(F)cc2)[C@@H](C)c2nc3ccc(Cl)cc3c(=O)n2N2CCN(C(=O)C[C@@H]3CCCN3)CC2)c(OC)c1. The first-order valence-electron chi connectivity index (χ1n) is 16.2. The first-order valence-corrected chi connectivity index (χ1v) is 16.6. The van der Waals surface area contributed by atoms with Crippen molar-refractivity contribution in [1.29, 1.82) is 0 Å². The number of carbonyl (C=O) groups is 2. The van der Waals surface area contributed by atoms with Crippen LogP contribution in [-0.4, -0.2) is 79.5 Å². The van der Waals surface area contributed by atoms with E-state index in [1.807, 2.05) is 9.91 Å². The van der Waals surface area contributed by atoms with Crippen molar-refractivity contribution in [2.24, 2.45) is 0 Å². The van der Waals surface area contributed by atoms with Crippen LogP contribution in [0.15, 0.2) is 65.5 Å². The maximum Gasteiger partial charge on any atom is 0.327 e. The van der Waals surface area contributed by atoms with Gasteiger partial charge in [0.25, 0.3) is 5.56 Å². The number of piperazine rings is 1. The first kappa shape index (κ1) is 34.0. The Kier molecular flexibility index (Phi) is 10.2. The summed E-state index contributed by atoms with van der Waals surface area (Å²) < 4.78 is 26.3. The Labute approximate surface area is 288 Å². The van der Waals surface area contributed by atoms with Crippen LogP contribution in [0.5, 0.6) is 11.5 Å². The fourth-order valence-corrected chi connectivity index (χ4v) is 6.61. The number of methoxy groups -OCH3 is 2. The number of nitrogens with one attached hydrogen (secondary N) is 2. The molecule has 0 aliphatic carbocycles. The number of nitrogens with zero attached hydrogens (tertiary/aromatic N) is 5. The Morgan fingerprint density at radius 2 is 1.82 bits per heavy atom. The molecule has 49 heavy (non-hydrogen) atoms. The van der Waals surface area contributed by atoms with Gasteiger partial charge in [-0.05, 0) is 80.9 Å². The molecule has 0 saturated carbocycles. The first-order chi connectivity index (χ1) is 23.7. The molecule has 12 nitrogen and oxygen atoms in total. The number of hydrogen-bond acceptors (Lipinski definition) is 8. The van der Waals surface area contributed by atoms with Gasteiger partial charge in [0.1, 0.15) is 17.3 Å². The lowest BCUT2D eigenvalue weighted by molar-refractivity contribution is -0.132. The highest BCUT2D eigenvalue weighted by molar-refractivity contribution is 6.31. The molecule has 0 bridgehead atoms. The minimum Gasteiger partial charge on any atom is -0.497 e. The summed E-state index contributed by atoms with van der Waals surface area (Å²) >= 11 is 6.32. The number of amides is 3. The number of carbonyl (C=O) groups excluding carboxylic acids is 2. The smallest absolute Gasteiger partial charge is 0.327 e. The molecule has 14 heteroatoms. The van der Waals surface area contributed by atoms with Gasteiger partial charge in [-0.2, -0.15) is 0 Å². The van der Waals surface area contributed by atoms with Crippen LogP contribution in [0.3, 0.4) is 0 Å². The Balaban J connectivity index is 1.41.